The minimum absolute atomic E-state index is 0.0323. The highest BCUT2D eigenvalue weighted by molar-refractivity contribution is 5.94. The number of carbonyl (C=O) groups is 1. The average molecular weight is 343 g/mol. The smallest absolute Gasteiger partial charge is 0.226 e. The van der Waals surface area contributed by atoms with Crippen LogP contribution in [-0.2, 0) is 4.79 Å². The van der Waals surface area contributed by atoms with Crippen LogP contribution in [0.3, 0.4) is 0 Å². The molecule has 5 heteroatoms. The molecule has 0 aliphatic carbocycles. The van der Waals surface area contributed by atoms with E-state index in [0.717, 1.165) is 16.9 Å². The Morgan fingerprint density at radius 3 is 2.88 bits per heavy atom. The van der Waals surface area contributed by atoms with E-state index in [9.17, 15) is 4.79 Å². The van der Waals surface area contributed by atoms with E-state index in [1.165, 1.54) is 0 Å². The molecule has 1 aromatic heterocycles. The third-order valence-electron chi connectivity index (χ3n) is 4.39. The molecule has 1 aliphatic heterocycles. The lowest BCUT2D eigenvalue weighted by atomic mass is 9.89. The van der Waals surface area contributed by atoms with Crippen molar-refractivity contribution in [1.82, 2.24) is 9.55 Å². The van der Waals surface area contributed by atoms with Crippen molar-refractivity contribution in [2.24, 2.45) is 0 Å². The van der Waals surface area contributed by atoms with Crippen LogP contribution in [0.5, 0.6) is 5.75 Å². The van der Waals surface area contributed by atoms with E-state index in [-0.39, 0.29) is 18.4 Å². The summed E-state index contributed by atoms with van der Waals surface area (Å²) in [6, 6.07) is 17.5. The zero-order chi connectivity index (χ0) is 17.9. The van der Waals surface area contributed by atoms with Gasteiger partial charge in [-0.15, -0.1) is 6.42 Å². The van der Waals surface area contributed by atoms with Gasteiger partial charge < -0.3 is 10.1 Å². The fraction of sp³-hybridized carbons (Fsp3) is 0.143. The number of para-hydroxylation sites is 1. The highest BCUT2D eigenvalue weighted by Crippen LogP contribution is 2.38. The number of terminal acetylenes is 1. The molecule has 0 fully saturated rings. The lowest BCUT2D eigenvalue weighted by Gasteiger charge is -2.23. The zero-order valence-corrected chi connectivity index (χ0v) is 14.1. The largest absolute Gasteiger partial charge is 0.481 e. The number of benzene rings is 2. The number of hydrogen-bond acceptors (Lipinski definition) is 3. The summed E-state index contributed by atoms with van der Waals surface area (Å²) in [5.74, 6) is 3.70. The molecule has 2 aromatic carbocycles. The van der Waals surface area contributed by atoms with E-state index in [1.807, 2.05) is 59.2 Å². The Hall–Kier alpha value is -3.52. The minimum atomic E-state index is -0.127. The summed E-state index contributed by atoms with van der Waals surface area (Å²) >= 11 is 0. The first-order valence-corrected chi connectivity index (χ1v) is 8.35. The number of imidazole rings is 1. The zero-order valence-electron chi connectivity index (χ0n) is 14.1. The van der Waals surface area contributed by atoms with Gasteiger partial charge in [0, 0.05) is 18.0 Å². The monoisotopic (exact) mass is 343 g/mol. The van der Waals surface area contributed by atoms with Crippen molar-refractivity contribution in [3.05, 3.63) is 72.2 Å². The van der Waals surface area contributed by atoms with E-state index in [0.29, 0.717) is 18.0 Å². The Morgan fingerprint density at radius 1 is 1.23 bits per heavy atom. The first-order valence-electron chi connectivity index (χ1n) is 8.35. The second-order valence-electron chi connectivity index (χ2n) is 6.05. The first-order chi connectivity index (χ1) is 12.8. The first kappa shape index (κ1) is 16.0. The van der Waals surface area contributed by atoms with Gasteiger partial charge in [-0.3, -0.25) is 9.36 Å². The average Bonchev–Trinajstić information content (AvgIpc) is 3.10. The molecule has 0 saturated carbocycles. The third-order valence-corrected chi connectivity index (χ3v) is 4.39. The number of fused-ring (bicyclic) bond motifs is 1. The second kappa shape index (κ2) is 6.77. The molecular weight excluding hydrogens is 326 g/mol. The fourth-order valence-corrected chi connectivity index (χ4v) is 3.21. The maximum absolute atomic E-state index is 12.3. The van der Waals surface area contributed by atoms with Crippen molar-refractivity contribution in [1.29, 1.82) is 0 Å². The lowest BCUT2D eigenvalue weighted by molar-refractivity contribution is -0.116. The summed E-state index contributed by atoms with van der Waals surface area (Å²) in [6.07, 6.45) is 7.35. The molecule has 128 valence electrons. The van der Waals surface area contributed by atoms with Crippen molar-refractivity contribution in [2.45, 2.75) is 12.3 Å². The van der Waals surface area contributed by atoms with Crippen LogP contribution in [0.15, 0.2) is 60.9 Å². The fourth-order valence-electron chi connectivity index (χ4n) is 3.21. The number of rotatable bonds is 4. The molecule has 4 rings (SSSR count). The third kappa shape index (κ3) is 2.93. The molecule has 26 heavy (non-hydrogen) atoms. The number of hydrogen-bond donors (Lipinski definition) is 1. The molecular formula is C21H17N3O2. The summed E-state index contributed by atoms with van der Waals surface area (Å²) in [5, 5.41) is 2.96. The molecule has 1 N–H and O–H groups in total. The van der Waals surface area contributed by atoms with Crippen LogP contribution in [0.2, 0.25) is 0 Å². The van der Waals surface area contributed by atoms with Gasteiger partial charge in [0.25, 0.3) is 0 Å². The van der Waals surface area contributed by atoms with Gasteiger partial charge in [-0.2, -0.15) is 0 Å². The van der Waals surface area contributed by atoms with Gasteiger partial charge in [0.1, 0.15) is 24.5 Å². The normalized spacial score (nSPS) is 15.7. The number of nitrogens with zero attached hydrogens (tertiary/aromatic N) is 2. The van der Waals surface area contributed by atoms with Crippen molar-refractivity contribution in [3.8, 4) is 23.8 Å². The van der Waals surface area contributed by atoms with Crippen molar-refractivity contribution < 1.29 is 9.53 Å². The predicted molar refractivity (Wildman–Crippen MR) is 99.4 cm³/mol. The quantitative estimate of drug-likeness (QED) is 0.739. The number of aromatic nitrogens is 2. The van der Waals surface area contributed by atoms with Gasteiger partial charge in [0.15, 0.2) is 0 Å². The van der Waals surface area contributed by atoms with Crippen LogP contribution in [-0.4, -0.2) is 22.1 Å². The lowest BCUT2D eigenvalue weighted by Crippen LogP contribution is -2.24. The number of carbonyl (C=O) groups excluding carboxylic acids is 1. The van der Waals surface area contributed by atoms with Crippen molar-refractivity contribution in [3.63, 3.8) is 0 Å². The van der Waals surface area contributed by atoms with Gasteiger partial charge >= 0.3 is 0 Å². The molecule has 2 heterocycles. The number of nitrogens with one attached hydrogen (secondary N) is 1. The molecule has 5 nitrogen and oxygen atoms in total. The van der Waals surface area contributed by atoms with Crippen molar-refractivity contribution in [2.75, 3.05) is 11.9 Å². The Bertz CT molecular complexity index is 986. The van der Waals surface area contributed by atoms with E-state index in [1.54, 1.807) is 6.33 Å². The van der Waals surface area contributed by atoms with Crippen LogP contribution in [0.1, 0.15) is 23.6 Å². The molecule has 3 aromatic rings. The highest BCUT2D eigenvalue weighted by atomic mass is 16.5. The van der Waals surface area contributed by atoms with Gasteiger partial charge in [0.05, 0.1) is 5.69 Å². The number of amides is 1. The summed E-state index contributed by atoms with van der Waals surface area (Å²) in [5.41, 5.74) is 2.78. The Morgan fingerprint density at radius 2 is 2.08 bits per heavy atom. The molecule has 0 unspecified atom stereocenters. The highest BCUT2D eigenvalue weighted by Gasteiger charge is 2.31. The summed E-state index contributed by atoms with van der Waals surface area (Å²) in [4.78, 5) is 16.9. The van der Waals surface area contributed by atoms with E-state index in [4.69, 9.17) is 11.2 Å². The maximum atomic E-state index is 12.3. The molecule has 0 saturated heterocycles. The van der Waals surface area contributed by atoms with E-state index in [2.05, 4.69) is 16.2 Å². The molecule has 0 radical (unpaired) electrons. The number of ether oxygens (including phenoxy) is 1. The molecule has 1 amide bonds. The molecule has 0 bridgehead atoms. The van der Waals surface area contributed by atoms with Gasteiger partial charge in [0.2, 0.25) is 5.91 Å². The van der Waals surface area contributed by atoms with Crippen molar-refractivity contribution >= 4 is 11.7 Å². The van der Waals surface area contributed by atoms with Crippen LogP contribution in [0.25, 0.3) is 5.69 Å². The van der Waals surface area contributed by atoms with Gasteiger partial charge in [-0.25, -0.2) is 4.98 Å². The van der Waals surface area contributed by atoms with E-state index >= 15 is 0 Å². The van der Waals surface area contributed by atoms with Crippen LogP contribution in [0.4, 0.5) is 5.82 Å². The summed E-state index contributed by atoms with van der Waals surface area (Å²) in [6.45, 7) is 0.211. The van der Waals surface area contributed by atoms with Gasteiger partial charge in [-0.1, -0.05) is 36.3 Å². The summed E-state index contributed by atoms with van der Waals surface area (Å²) < 4.78 is 7.41. The summed E-state index contributed by atoms with van der Waals surface area (Å²) in [7, 11) is 0. The molecule has 0 spiro atoms. The predicted octanol–water partition coefficient (Wildman–Crippen LogP) is 3.36. The maximum Gasteiger partial charge on any atom is 0.226 e. The molecule has 1 aliphatic rings. The van der Waals surface area contributed by atoms with Crippen LogP contribution < -0.4 is 10.1 Å². The van der Waals surface area contributed by atoms with Crippen LogP contribution in [0, 0.1) is 12.3 Å². The number of anilines is 1. The Kier molecular flexibility index (Phi) is 4.16. The second-order valence-corrected chi connectivity index (χ2v) is 6.05. The SMILES string of the molecule is C#CCOc1cccc([C@@H]2CC(=O)Nc3c2ncn3-c2ccccc2)c1. The topological polar surface area (TPSA) is 56.1 Å². The van der Waals surface area contributed by atoms with Crippen LogP contribution >= 0.6 is 0 Å². The van der Waals surface area contributed by atoms with E-state index < -0.39 is 0 Å². The molecule has 1 atom stereocenters. The van der Waals surface area contributed by atoms with Gasteiger partial charge in [-0.05, 0) is 29.8 Å². The Balaban J connectivity index is 1.74. The minimum Gasteiger partial charge on any atom is -0.481 e. The Labute approximate surface area is 151 Å². The standard InChI is InChI=1S/C21H17N3O2/c1-2-11-26-17-10-6-7-15(12-17)18-13-19(25)23-21-20(18)22-14-24(21)16-8-4-3-5-9-16/h1,3-10,12,14,18H,11,13H2,(H,23,25)/t18-/m0/s1.